The van der Waals surface area contributed by atoms with Gasteiger partial charge in [0.1, 0.15) is 0 Å². The minimum absolute atomic E-state index is 0.220. The first kappa shape index (κ1) is 17.4. The van der Waals surface area contributed by atoms with Gasteiger partial charge in [-0.2, -0.15) is 0 Å². The molecular weight excluding hydrogens is 388 g/mol. The number of nitrogens with one attached hydrogen (secondary N) is 1. The fourth-order valence-corrected chi connectivity index (χ4v) is 3.61. The molecule has 122 valence electrons. The molecule has 1 N–H and O–H groups in total. The highest BCUT2D eigenvalue weighted by molar-refractivity contribution is 6.35. The molecule has 24 heavy (non-hydrogen) atoms. The maximum Gasteiger partial charge on any atom is 0.256 e. The monoisotopic (exact) mass is 397 g/mol. The first-order chi connectivity index (χ1) is 11.3. The number of halogens is 4. The Balaban J connectivity index is 2.24. The van der Waals surface area contributed by atoms with Crippen LogP contribution in [-0.4, -0.2) is 4.98 Å². The Labute approximate surface area is 159 Å². The molecule has 0 aliphatic carbocycles. The molecule has 0 fully saturated rings. The molecule has 2 aromatic carbocycles. The van der Waals surface area contributed by atoms with Gasteiger partial charge in [0, 0.05) is 36.9 Å². The minimum atomic E-state index is -0.220. The second-order valence-electron chi connectivity index (χ2n) is 5.37. The highest BCUT2D eigenvalue weighted by atomic mass is 35.5. The predicted molar refractivity (Wildman–Crippen MR) is 103 cm³/mol. The van der Waals surface area contributed by atoms with Crippen LogP contribution in [0.1, 0.15) is 5.69 Å². The molecule has 0 saturated carbocycles. The van der Waals surface area contributed by atoms with E-state index in [9.17, 15) is 4.79 Å². The Morgan fingerprint density at radius 3 is 1.54 bits per heavy atom. The van der Waals surface area contributed by atoms with E-state index in [0.29, 0.717) is 31.2 Å². The number of aromatic amines is 1. The van der Waals surface area contributed by atoms with E-state index >= 15 is 0 Å². The SMILES string of the molecule is Cc1[nH]c(=O)c(-c2cc(Cl)cc(Cl)c2)cc1-c1cc(Cl)cc(Cl)c1. The highest BCUT2D eigenvalue weighted by Crippen LogP contribution is 2.32. The molecule has 0 aliphatic rings. The number of hydrogen-bond acceptors (Lipinski definition) is 1. The summed E-state index contributed by atoms with van der Waals surface area (Å²) in [5.74, 6) is 0. The van der Waals surface area contributed by atoms with Crippen LogP contribution in [0.2, 0.25) is 20.1 Å². The van der Waals surface area contributed by atoms with Gasteiger partial charge in [0.15, 0.2) is 0 Å². The summed E-state index contributed by atoms with van der Waals surface area (Å²) < 4.78 is 0. The Kier molecular flexibility index (Phi) is 4.93. The van der Waals surface area contributed by atoms with Gasteiger partial charge in [0.25, 0.3) is 5.56 Å². The topological polar surface area (TPSA) is 32.9 Å². The average Bonchev–Trinajstić information content (AvgIpc) is 2.45. The molecule has 0 aliphatic heterocycles. The number of H-pyrrole nitrogens is 1. The number of pyridine rings is 1. The quantitative estimate of drug-likeness (QED) is 0.516. The maximum absolute atomic E-state index is 12.4. The summed E-state index contributed by atoms with van der Waals surface area (Å²) in [6.45, 7) is 1.82. The largest absolute Gasteiger partial charge is 0.325 e. The molecule has 0 unspecified atom stereocenters. The van der Waals surface area contributed by atoms with E-state index < -0.39 is 0 Å². The van der Waals surface area contributed by atoms with Crippen LogP contribution in [0, 0.1) is 6.92 Å². The maximum atomic E-state index is 12.4. The summed E-state index contributed by atoms with van der Waals surface area (Å²) in [7, 11) is 0. The lowest BCUT2D eigenvalue weighted by Gasteiger charge is -2.11. The lowest BCUT2D eigenvalue weighted by atomic mass is 9.99. The summed E-state index contributed by atoms with van der Waals surface area (Å²) in [6.07, 6.45) is 0. The zero-order valence-electron chi connectivity index (χ0n) is 12.5. The molecule has 0 radical (unpaired) electrons. The Morgan fingerprint density at radius 1 is 0.667 bits per heavy atom. The van der Waals surface area contributed by atoms with Crippen LogP contribution in [0.5, 0.6) is 0 Å². The fourth-order valence-electron chi connectivity index (χ4n) is 2.56. The molecule has 3 aromatic rings. The molecule has 6 heteroatoms. The van der Waals surface area contributed by atoms with Crippen LogP contribution < -0.4 is 5.56 Å². The van der Waals surface area contributed by atoms with Gasteiger partial charge in [-0.3, -0.25) is 4.79 Å². The summed E-state index contributed by atoms with van der Waals surface area (Å²) in [6, 6.07) is 12.0. The van der Waals surface area contributed by atoms with E-state index in [1.165, 1.54) is 0 Å². The standard InChI is InChI=1S/C18H11Cl4NO/c1-9-16(10-2-12(19)6-13(20)3-10)8-17(18(24)23-9)11-4-14(21)7-15(22)5-11/h2-8H,1H3,(H,23,24). The average molecular weight is 399 g/mol. The number of hydrogen-bond donors (Lipinski definition) is 1. The number of aromatic nitrogens is 1. The van der Waals surface area contributed by atoms with Gasteiger partial charge < -0.3 is 4.98 Å². The Bertz CT molecular complexity index is 954. The van der Waals surface area contributed by atoms with Crippen molar-refractivity contribution in [3.8, 4) is 22.3 Å². The number of rotatable bonds is 2. The first-order valence-corrected chi connectivity index (χ1v) is 8.51. The van der Waals surface area contributed by atoms with Gasteiger partial charge in [-0.25, -0.2) is 0 Å². The first-order valence-electron chi connectivity index (χ1n) is 7.00. The van der Waals surface area contributed by atoms with Crippen molar-refractivity contribution in [1.82, 2.24) is 4.98 Å². The van der Waals surface area contributed by atoms with Crippen molar-refractivity contribution >= 4 is 46.4 Å². The fraction of sp³-hybridized carbons (Fsp3) is 0.0556. The van der Waals surface area contributed by atoms with Crippen molar-refractivity contribution in [3.05, 3.63) is 78.6 Å². The second-order valence-corrected chi connectivity index (χ2v) is 7.11. The van der Waals surface area contributed by atoms with E-state index in [1.807, 2.05) is 6.92 Å². The van der Waals surface area contributed by atoms with E-state index in [1.54, 1.807) is 42.5 Å². The molecule has 0 amide bonds. The molecule has 0 spiro atoms. The number of aryl methyl sites for hydroxylation is 1. The summed E-state index contributed by atoms with van der Waals surface area (Å²) in [5.41, 5.74) is 3.25. The van der Waals surface area contributed by atoms with Crippen LogP contribution in [0.15, 0.2) is 47.3 Å². The molecule has 0 bridgehead atoms. The van der Waals surface area contributed by atoms with Crippen molar-refractivity contribution < 1.29 is 0 Å². The van der Waals surface area contributed by atoms with Crippen LogP contribution in [0.4, 0.5) is 0 Å². The molecule has 0 saturated heterocycles. The zero-order chi connectivity index (χ0) is 17.4. The summed E-state index contributed by atoms with van der Waals surface area (Å²) in [4.78, 5) is 15.2. The van der Waals surface area contributed by atoms with E-state index in [4.69, 9.17) is 46.4 Å². The van der Waals surface area contributed by atoms with Gasteiger partial charge in [-0.15, -0.1) is 0 Å². The highest BCUT2D eigenvalue weighted by Gasteiger charge is 2.12. The number of benzene rings is 2. The molecular formula is C18H11Cl4NO. The van der Waals surface area contributed by atoms with Crippen molar-refractivity contribution in [2.24, 2.45) is 0 Å². The Hall–Kier alpha value is -1.45. The van der Waals surface area contributed by atoms with Crippen LogP contribution >= 0.6 is 46.4 Å². The molecule has 2 nitrogen and oxygen atoms in total. The molecule has 1 heterocycles. The zero-order valence-corrected chi connectivity index (χ0v) is 15.5. The molecule has 3 rings (SSSR count). The minimum Gasteiger partial charge on any atom is -0.325 e. The van der Waals surface area contributed by atoms with Crippen LogP contribution in [0.25, 0.3) is 22.3 Å². The molecule has 1 aromatic heterocycles. The lowest BCUT2D eigenvalue weighted by molar-refractivity contribution is 1.15. The van der Waals surface area contributed by atoms with Crippen molar-refractivity contribution in [3.63, 3.8) is 0 Å². The lowest BCUT2D eigenvalue weighted by Crippen LogP contribution is -2.11. The smallest absolute Gasteiger partial charge is 0.256 e. The van der Waals surface area contributed by atoms with Crippen LogP contribution in [0.3, 0.4) is 0 Å². The van der Waals surface area contributed by atoms with Crippen LogP contribution in [-0.2, 0) is 0 Å². The summed E-state index contributed by atoms with van der Waals surface area (Å²) in [5, 5.41) is 1.97. The van der Waals surface area contributed by atoms with Gasteiger partial charge in [-0.05, 0) is 60.5 Å². The Morgan fingerprint density at radius 2 is 1.08 bits per heavy atom. The van der Waals surface area contributed by atoms with Crippen molar-refractivity contribution in [1.29, 1.82) is 0 Å². The van der Waals surface area contributed by atoms with Gasteiger partial charge >= 0.3 is 0 Å². The van der Waals surface area contributed by atoms with E-state index in [-0.39, 0.29) is 5.56 Å². The van der Waals surface area contributed by atoms with Crippen molar-refractivity contribution in [2.75, 3.05) is 0 Å². The van der Waals surface area contributed by atoms with E-state index in [0.717, 1.165) is 16.8 Å². The third-order valence-electron chi connectivity index (χ3n) is 3.59. The normalized spacial score (nSPS) is 10.9. The third-order valence-corrected chi connectivity index (χ3v) is 4.46. The molecule has 0 atom stereocenters. The van der Waals surface area contributed by atoms with Gasteiger partial charge in [0.2, 0.25) is 0 Å². The van der Waals surface area contributed by atoms with Gasteiger partial charge in [0.05, 0.1) is 0 Å². The summed E-state index contributed by atoms with van der Waals surface area (Å²) >= 11 is 24.3. The predicted octanol–water partition coefficient (Wildman–Crippen LogP) is 6.63. The van der Waals surface area contributed by atoms with Gasteiger partial charge in [-0.1, -0.05) is 46.4 Å². The third kappa shape index (κ3) is 3.62. The van der Waals surface area contributed by atoms with Crippen molar-refractivity contribution in [2.45, 2.75) is 6.92 Å². The second kappa shape index (κ2) is 6.81. The van der Waals surface area contributed by atoms with E-state index in [2.05, 4.69) is 4.98 Å².